The minimum atomic E-state index is -0.172. The van der Waals surface area contributed by atoms with Crippen molar-refractivity contribution in [2.75, 3.05) is 59.0 Å². The van der Waals surface area contributed by atoms with E-state index in [4.69, 9.17) is 14.2 Å². The molecule has 2 aliphatic rings. The van der Waals surface area contributed by atoms with Gasteiger partial charge in [-0.3, -0.25) is 4.99 Å². The number of nitrogens with zero attached hydrogens (tertiary/aromatic N) is 2. The number of methoxy groups -OCH3 is 2. The highest BCUT2D eigenvalue weighted by Crippen LogP contribution is 2.30. The Balaban J connectivity index is 0.00000280. The van der Waals surface area contributed by atoms with Crippen molar-refractivity contribution in [3.05, 3.63) is 24.3 Å². The second-order valence-corrected chi connectivity index (χ2v) is 7.17. The molecule has 158 valence electrons. The SMILES string of the molecule is CN=C(NCC1(OC)CCOCC1)NC1CCN(c2ccccc2OC)C1.I. The lowest BCUT2D eigenvalue weighted by molar-refractivity contribution is -0.0855. The zero-order valence-electron chi connectivity index (χ0n) is 17.1. The van der Waals surface area contributed by atoms with E-state index in [9.17, 15) is 0 Å². The Kier molecular flexibility index (Phi) is 9.10. The van der Waals surface area contributed by atoms with Gasteiger partial charge in [-0.2, -0.15) is 0 Å². The number of aliphatic imine (C=N–C) groups is 1. The van der Waals surface area contributed by atoms with E-state index in [0.717, 1.165) is 69.5 Å². The van der Waals surface area contributed by atoms with Gasteiger partial charge in [0.2, 0.25) is 0 Å². The fourth-order valence-corrected chi connectivity index (χ4v) is 3.82. The molecule has 2 aliphatic heterocycles. The Labute approximate surface area is 185 Å². The van der Waals surface area contributed by atoms with Gasteiger partial charge < -0.3 is 29.7 Å². The summed E-state index contributed by atoms with van der Waals surface area (Å²) in [6.45, 7) is 4.14. The molecule has 8 heteroatoms. The van der Waals surface area contributed by atoms with Gasteiger partial charge >= 0.3 is 0 Å². The van der Waals surface area contributed by atoms with Crippen molar-refractivity contribution in [3.8, 4) is 5.75 Å². The maximum atomic E-state index is 5.80. The summed E-state index contributed by atoms with van der Waals surface area (Å²) in [7, 11) is 5.31. The highest BCUT2D eigenvalue weighted by Gasteiger charge is 2.33. The molecular weight excluding hydrogens is 471 g/mol. The van der Waals surface area contributed by atoms with Gasteiger partial charge in [0, 0.05) is 65.9 Å². The summed E-state index contributed by atoms with van der Waals surface area (Å²) in [4.78, 5) is 6.76. The fraction of sp³-hybridized carbons (Fsp3) is 0.650. The lowest BCUT2D eigenvalue weighted by Crippen LogP contribution is -2.52. The van der Waals surface area contributed by atoms with Crippen molar-refractivity contribution < 1.29 is 14.2 Å². The quantitative estimate of drug-likeness (QED) is 0.352. The molecule has 2 fully saturated rings. The Bertz CT molecular complexity index is 638. The number of nitrogens with one attached hydrogen (secondary N) is 2. The van der Waals surface area contributed by atoms with Gasteiger partial charge in [-0.1, -0.05) is 12.1 Å². The van der Waals surface area contributed by atoms with E-state index in [1.165, 1.54) is 0 Å². The van der Waals surface area contributed by atoms with E-state index in [1.54, 1.807) is 14.2 Å². The van der Waals surface area contributed by atoms with Crippen LogP contribution in [0, 0.1) is 0 Å². The molecule has 0 saturated carbocycles. The van der Waals surface area contributed by atoms with Crippen molar-refractivity contribution in [1.29, 1.82) is 0 Å². The number of halogens is 1. The Morgan fingerprint density at radius 3 is 2.71 bits per heavy atom. The lowest BCUT2D eigenvalue weighted by Gasteiger charge is -2.36. The van der Waals surface area contributed by atoms with Crippen LogP contribution >= 0.6 is 24.0 Å². The summed E-state index contributed by atoms with van der Waals surface area (Å²) in [5.41, 5.74) is 0.974. The van der Waals surface area contributed by atoms with Crippen LogP contribution in [-0.2, 0) is 9.47 Å². The van der Waals surface area contributed by atoms with Gasteiger partial charge in [-0.15, -0.1) is 24.0 Å². The maximum Gasteiger partial charge on any atom is 0.191 e. The molecule has 0 bridgehead atoms. The summed E-state index contributed by atoms with van der Waals surface area (Å²) < 4.78 is 16.8. The Hall–Kier alpha value is -1.26. The summed E-state index contributed by atoms with van der Waals surface area (Å²) in [5.74, 6) is 1.74. The summed E-state index contributed by atoms with van der Waals surface area (Å²) in [6.07, 6.45) is 2.86. The zero-order valence-corrected chi connectivity index (χ0v) is 19.4. The number of hydrogen-bond donors (Lipinski definition) is 2. The number of anilines is 1. The Morgan fingerprint density at radius 2 is 2.04 bits per heavy atom. The van der Waals surface area contributed by atoms with E-state index in [-0.39, 0.29) is 29.6 Å². The number of para-hydroxylation sites is 2. The minimum absolute atomic E-state index is 0. The zero-order chi connectivity index (χ0) is 19.1. The van der Waals surface area contributed by atoms with E-state index < -0.39 is 0 Å². The molecule has 0 radical (unpaired) electrons. The van der Waals surface area contributed by atoms with Gasteiger partial charge in [0.1, 0.15) is 5.75 Å². The van der Waals surface area contributed by atoms with Crippen LogP contribution in [-0.4, -0.2) is 71.7 Å². The predicted molar refractivity (Wildman–Crippen MR) is 123 cm³/mol. The molecule has 1 aromatic rings. The second kappa shape index (κ2) is 11.1. The van der Waals surface area contributed by atoms with E-state index in [1.807, 2.05) is 19.2 Å². The molecule has 3 rings (SSSR count). The minimum Gasteiger partial charge on any atom is -0.495 e. The van der Waals surface area contributed by atoms with Crippen LogP contribution in [0.15, 0.2) is 29.3 Å². The number of ether oxygens (including phenoxy) is 3. The first-order chi connectivity index (χ1) is 13.2. The highest BCUT2D eigenvalue weighted by molar-refractivity contribution is 14.0. The third kappa shape index (κ3) is 5.64. The summed E-state index contributed by atoms with van der Waals surface area (Å²) in [5, 5.41) is 7.00. The molecule has 2 saturated heterocycles. The average Bonchev–Trinajstić information content (AvgIpc) is 3.20. The van der Waals surface area contributed by atoms with Crippen LogP contribution in [0.1, 0.15) is 19.3 Å². The van der Waals surface area contributed by atoms with Crippen molar-refractivity contribution >= 4 is 35.6 Å². The summed E-state index contributed by atoms with van der Waals surface area (Å²) in [6, 6.07) is 8.52. The molecule has 0 amide bonds. The molecule has 28 heavy (non-hydrogen) atoms. The largest absolute Gasteiger partial charge is 0.495 e. The predicted octanol–water partition coefficient (Wildman–Crippen LogP) is 2.25. The molecule has 1 unspecified atom stereocenters. The van der Waals surface area contributed by atoms with Gasteiger partial charge in [0.25, 0.3) is 0 Å². The third-order valence-electron chi connectivity index (χ3n) is 5.59. The second-order valence-electron chi connectivity index (χ2n) is 7.17. The van der Waals surface area contributed by atoms with Crippen molar-refractivity contribution in [3.63, 3.8) is 0 Å². The molecule has 7 nitrogen and oxygen atoms in total. The van der Waals surface area contributed by atoms with Crippen molar-refractivity contribution in [2.24, 2.45) is 4.99 Å². The van der Waals surface area contributed by atoms with Crippen molar-refractivity contribution in [2.45, 2.75) is 30.9 Å². The fourth-order valence-electron chi connectivity index (χ4n) is 3.82. The van der Waals surface area contributed by atoms with E-state index in [2.05, 4.69) is 32.7 Å². The first kappa shape index (κ1) is 23.0. The molecule has 1 aromatic carbocycles. The average molecular weight is 504 g/mol. The number of rotatable bonds is 6. The smallest absolute Gasteiger partial charge is 0.191 e. The molecule has 2 N–H and O–H groups in total. The van der Waals surface area contributed by atoms with Gasteiger partial charge in [-0.25, -0.2) is 0 Å². The van der Waals surface area contributed by atoms with Crippen LogP contribution in [0.3, 0.4) is 0 Å². The maximum absolute atomic E-state index is 5.80. The number of benzene rings is 1. The van der Waals surface area contributed by atoms with Crippen LogP contribution < -0.4 is 20.3 Å². The Morgan fingerprint density at radius 1 is 1.29 bits per heavy atom. The monoisotopic (exact) mass is 504 g/mol. The van der Waals surface area contributed by atoms with Crippen LogP contribution in [0.5, 0.6) is 5.75 Å². The molecule has 0 aliphatic carbocycles. The first-order valence-electron chi connectivity index (χ1n) is 9.68. The molecular formula is C20H33IN4O3. The standard InChI is InChI=1S/C20H32N4O3.HI/c1-21-19(22-15-20(26-3)9-12-27-13-10-20)23-16-8-11-24(14-16)17-6-4-5-7-18(17)25-2;/h4-7,16H,8-15H2,1-3H3,(H2,21,22,23);1H. The molecule has 1 atom stereocenters. The molecule has 0 aromatic heterocycles. The normalized spacial score (nSPS) is 21.8. The first-order valence-corrected chi connectivity index (χ1v) is 9.68. The summed E-state index contributed by atoms with van der Waals surface area (Å²) >= 11 is 0. The van der Waals surface area contributed by atoms with Gasteiger partial charge in [0.15, 0.2) is 5.96 Å². The van der Waals surface area contributed by atoms with Crippen molar-refractivity contribution in [1.82, 2.24) is 10.6 Å². The topological polar surface area (TPSA) is 67.4 Å². The van der Waals surface area contributed by atoms with Crippen LogP contribution in [0.4, 0.5) is 5.69 Å². The molecule has 2 heterocycles. The number of hydrogen-bond acceptors (Lipinski definition) is 5. The van der Waals surface area contributed by atoms with E-state index in [0.29, 0.717) is 6.04 Å². The van der Waals surface area contributed by atoms with Crippen LogP contribution in [0.2, 0.25) is 0 Å². The van der Waals surface area contributed by atoms with E-state index >= 15 is 0 Å². The van der Waals surface area contributed by atoms with Crippen LogP contribution in [0.25, 0.3) is 0 Å². The molecule has 0 spiro atoms. The third-order valence-corrected chi connectivity index (χ3v) is 5.59. The number of guanidine groups is 1. The lowest BCUT2D eigenvalue weighted by atomic mass is 9.94. The van der Waals surface area contributed by atoms with Gasteiger partial charge in [0.05, 0.1) is 18.4 Å². The van der Waals surface area contributed by atoms with Gasteiger partial charge in [-0.05, 0) is 18.6 Å². The highest BCUT2D eigenvalue weighted by atomic mass is 127.